The topological polar surface area (TPSA) is 12.0 Å². The summed E-state index contributed by atoms with van der Waals surface area (Å²) in [5.74, 6) is -6.30. The number of hydrogen-bond acceptors (Lipinski definition) is 1. The molecule has 0 aliphatic carbocycles. The summed E-state index contributed by atoms with van der Waals surface area (Å²) in [4.78, 5) is 0. The zero-order valence-electron chi connectivity index (χ0n) is 9.91. The Morgan fingerprint density at radius 2 is 1.25 bits per heavy atom. The largest absolute Gasteiger partial charge is 0.402 e. The van der Waals surface area contributed by atoms with Crippen molar-refractivity contribution in [2.24, 2.45) is 5.92 Å². The maximum atomic E-state index is 13.0. The molecule has 0 aromatic heterocycles. The van der Waals surface area contributed by atoms with E-state index in [-0.39, 0.29) is 0 Å². The monoisotopic (exact) mass is 307 g/mol. The Bertz CT molecular complexity index is 430. The molecule has 1 rings (SSSR count). The third kappa shape index (κ3) is 3.81. The Labute approximate surface area is 108 Å². The first kappa shape index (κ1) is 16.7. The van der Waals surface area contributed by atoms with E-state index < -0.39 is 41.5 Å². The molecule has 1 atom stereocenters. The summed E-state index contributed by atoms with van der Waals surface area (Å²) in [6.45, 7) is 0. The quantitative estimate of drug-likeness (QED) is 0.833. The molecule has 1 aromatic rings. The van der Waals surface area contributed by atoms with Crippen LogP contribution in [0.2, 0.25) is 0 Å². The standard InChI is InChI=1S/C11H9F8N/c1-20-8(5-2-6(12)4-7(13)3-5)9(10(14,15)16)11(17,18)19/h2-4,8-9,20H,1H3. The molecule has 0 spiro atoms. The fourth-order valence-electron chi connectivity index (χ4n) is 1.84. The van der Waals surface area contributed by atoms with Gasteiger partial charge in [0.1, 0.15) is 11.6 Å². The predicted octanol–water partition coefficient (Wildman–Crippen LogP) is 3.97. The van der Waals surface area contributed by atoms with Crippen molar-refractivity contribution < 1.29 is 35.1 Å². The molecule has 1 unspecified atom stereocenters. The van der Waals surface area contributed by atoms with Crippen LogP contribution in [0, 0.1) is 17.6 Å². The Morgan fingerprint density at radius 1 is 0.850 bits per heavy atom. The van der Waals surface area contributed by atoms with Crippen molar-refractivity contribution in [2.75, 3.05) is 7.05 Å². The SMILES string of the molecule is CNC(c1cc(F)cc(F)c1)C(C(F)(F)F)C(F)(F)F. The highest BCUT2D eigenvalue weighted by atomic mass is 19.4. The molecule has 0 bridgehead atoms. The molecule has 0 fully saturated rings. The van der Waals surface area contributed by atoms with Gasteiger partial charge in [-0.1, -0.05) is 0 Å². The summed E-state index contributed by atoms with van der Waals surface area (Å²) in [5.41, 5.74) is -0.773. The molecule has 9 heteroatoms. The molecule has 1 nitrogen and oxygen atoms in total. The molecular weight excluding hydrogens is 298 g/mol. The lowest BCUT2D eigenvalue weighted by Crippen LogP contribution is -2.45. The molecular formula is C11H9F8N. The highest BCUT2D eigenvalue weighted by molar-refractivity contribution is 5.23. The van der Waals surface area contributed by atoms with Gasteiger partial charge in [0.05, 0.1) is 6.04 Å². The van der Waals surface area contributed by atoms with Crippen LogP contribution < -0.4 is 5.32 Å². The number of nitrogens with one attached hydrogen (secondary N) is 1. The van der Waals surface area contributed by atoms with Gasteiger partial charge in [0.25, 0.3) is 0 Å². The van der Waals surface area contributed by atoms with E-state index in [0.717, 1.165) is 7.05 Å². The summed E-state index contributed by atoms with van der Waals surface area (Å²) < 4.78 is 101. The first-order valence-electron chi connectivity index (χ1n) is 5.23. The highest BCUT2D eigenvalue weighted by Gasteiger charge is 2.60. The van der Waals surface area contributed by atoms with Crippen LogP contribution in [0.3, 0.4) is 0 Å². The van der Waals surface area contributed by atoms with Gasteiger partial charge in [0.15, 0.2) is 5.92 Å². The highest BCUT2D eigenvalue weighted by Crippen LogP contribution is 2.46. The van der Waals surface area contributed by atoms with Crippen molar-refractivity contribution in [3.63, 3.8) is 0 Å². The molecule has 0 saturated carbocycles. The lowest BCUT2D eigenvalue weighted by atomic mass is 9.91. The average molecular weight is 307 g/mol. The van der Waals surface area contributed by atoms with Gasteiger partial charge in [0, 0.05) is 6.07 Å². The van der Waals surface area contributed by atoms with E-state index in [1.54, 1.807) is 0 Å². The summed E-state index contributed by atoms with van der Waals surface area (Å²) in [7, 11) is 0.845. The van der Waals surface area contributed by atoms with E-state index in [9.17, 15) is 35.1 Å². The maximum Gasteiger partial charge on any atom is 0.402 e. The Balaban J connectivity index is 3.34. The van der Waals surface area contributed by atoms with Gasteiger partial charge < -0.3 is 5.32 Å². The Kier molecular flexibility index (Phi) is 4.62. The number of benzene rings is 1. The molecule has 0 amide bonds. The van der Waals surface area contributed by atoms with Crippen molar-refractivity contribution in [3.8, 4) is 0 Å². The van der Waals surface area contributed by atoms with E-state index in [0.29, 0.717) is 18.2 Å². The third-order valence-electron chi connectivity index (χ3n) is 2.59. The van der Waals surface area contributed by atoms with Crippen LogP contribution in [-0.4, -0.2) is 19.4 Å². The second-order valence-corrected chi connectivity index (χ2v) is 4.03. The molecule has 0 aliphatic heterocycles. The van der Waals surface area contributed by atoms with Gasteiger partial charge in [-0.05, 0) is 24.7 Å². The van der Waals surface area contributed by atoms with E-state index in [2.05, 4.69) is 0 Å². The number of alkyl halides is 6. The fraction of sp³-hybridized carbons (Fsp3) is 0.455. The van der Waals surface area contributed by atoms with Crippen LogP contribution in [0.4, 0.5) is 35.1 Å². The average Bonchev–Trinajstić information content (AvgIpc) is 2.20. The van der Waals surface area contributed by atoms with Gasteiger partial charge in [-0.15, -0.1) is 0 Å². The van der Waals surface area contributed by atoms with Crippen molar-refractivity contribution in [1.29, 1.82) is 0 Å². The van der Waals surface area contributed by atoms with E-state index in [1.165, 1.54) is 0 Å². The van der Waals surface area contributed by atoms with Gasteiger partial charge in [-0.3, -0.25) is 0 Å². The van der Waals surface area contributed by atoms with E-state index in [4.69, 9.17) is 0 Å². The van der Waals surface area contributed by atoms with Crippen LogP contribution in [0.25, 0.3) is 0 Å². The zero-order chi connectivity index (χ0) is 15.7. The van der Waals surface area contributed by atoms with Crippen LogP contribution in [0.5, 0.6) is 0 Å². The minimum Gasteiger partial charge on any atom is -0.312 e. The Hall–Kier alpha value is -1.38. The van der Waals surface area contributed by atoms with Crippen molar-refractivity contribution >= 4 is 0 Å². The van der Waals surface area contributed by atoms with Crippen LogP contribution in [0.15, 0.2) is 18.2 Å². The molecule has 1 aromatic carbocycles. The van der Waals surface area contributed by atoms with Crippen LogP contribution in [0.1, 0.15) is 11.6 Å². The second kappa shape index (κ2) is 5.55. The first-order valence-corrected chi connectivity index (χ1v) is 5.23. The number of rotatable bonds is 3. The summed E-state index contributed by atoms with van der Waals surface area (Å²) >= 11 is 0. The van der Waals surface area contributed by atoms with Gasteiger partial charge in [-0.25, -0.2) is 8.78 Å². The van der Waals surface area contributed by atoms with Gasteiger partial charge >= 0.3 is 12.4 Å². The lowest BCUT2D eigenvalue weighted by molar-refractivity contribution is -0.292. The first-order chi connectivity index (χ1) is 8.96. The number of hydrogen-bond donors (Lipinski definition) is 1. The molecule has 0 heterocycles. The van der Waals surface area contributed by atoms with Crippen LogP contribution in [-0.2, 0) is 0 Å². The molecule has 0 aliphatic rings. The maximum absolute atomic E-state index is 13.0. The summed E-state index contributed by atoms with van der Waals surface area (Å²) in [6.07, 6.45) is -11.2. The van der Waals surface area contributed by atoms with Gasteiger partial charge in [0.2, 0.25) is 0 Å². The fourth-order valence-corrected chi connectivity index (χ4v) is 1.84. The second-order valence-electron chi connectivity index (χ2n) is 4.03. The van der Waals surface area contributed by atoms with E-state index >= 15 is 0 Å². The smallest absolute Gasteiger partial charge is 0.312 e. The molecule has 1 N–H and O–H groups in total. The summed E-state index contributed by atoms with van der Waals surface area (Å²) in [6, 6.07) is -1.14. The van der Waals surface area contributed by atoms with Gasteiger partial charge in [-0.2, -0.15) is 26.3 Å². The summed E-state index contributed by atoms with van der Waals surface area (Å²) in [5, 5.41) is 1.81. The minimum absolute atomic E-state index is 0.354. The molecule has 20 heavy (non-hydrogen) atoms. The van der Waals surface area contributed by atoms with E-state index in [1.807, 2.05) is 5.32 Å². The van der Waals surface area contributed by atoms with Crippen LogP contribution >= 0.6 is 0 Å². The third-order valence-corrected chi connectivity index (χ3v) is 2.59. The van der Waals surface area contributed by atoms with Crippen molar-refractivity contribution in [3.05, 3.63) is 35.4 Å². The number of halogens is 8. The molecule has 114 valence electrons. The lowest BCUT2D eigenvalue weighted by Gasteiger charge is -2.30. The molecule has 0 saturated heterocycles. The van der Waals surface area contributed by atoms with Crippen molar-refractivity contribution in [1.82, 2.24) is 5.32 Å². The van der Waals surface area contributed by atoms with Crippen molar-refractivity contribution in [2.45, 2.75) is 18.4 Å². The predicted molar refractivity (Wildman–Crippen MR) is 53.8 cm³/mol. The normalized spacial score (nSPS) is 14.7. The zero-order valence-corrected chi connectivity index (χ0v) is 9.91. The Morgan fingerprint density at radius 3 is 1.55 bits per heavy atom. The minimum atomic E-state index is -5.62. The molecule has 0 radical (unpaired) electrons.